The molecular formula is C17H21F3N6O7S2. The van der Waals surface area contributed by atoms with Gasteiger partial charge in [0.1, 0.15) is 23.0 Å². The highest BCUT2D eigenvalue weighted by atomic mass is 32.2. The Morgan fingerprint density at radius 1 is 1.26 bits per heavy atom. The summed E-state index contributed by atoms with van der Waals surface area (Å²) < 4.78 is 59.9. The number of nitrogens with one attached hydrogen (secondary N) is 2. The van der Waals surface area contributed by atoms with E-state index in [-0.39, 0.29) is 35.6 Å². The lowest BCUT2D eigenvalue weighted by Crippen LogP contribution is -2.36. The van der Waals surface area contributed by atoms with Gasteiger partial charge in [-0.05, 0) is 35.7 Å². The number of pyridine rings is 1. The summed E-state index contributed by atoms with van der Waals surface area (Å²) in [6.45, 7) is 1.50. The van der Waals surface area contributed by atoms with E-state index in [1.807, 2.05) is 0 Å². The van der Waals surface area contributed by atoms with Gasteiger partial charge in [0.25, 0.3) is 15.6 Å². The number of amides is 1. The van der Waals surface area contributed by atoms with E-state index in [2.05, 4.69) is 15.2 Å². The number of aliphatic carboxylic acids is 1. The van der Waals surface area contributed by atoms with Gasteiger partial charge in [-0.1, -0.05) is 6.07 Å². The predicted octanol–water partition coefficient (Wildman–Crippen LogP) is -0.0265. The molecule has 7 N–H and O–H groups in total. The van der Waals surface area contributed by atoms with E-state index in [0.29, 0.717) is 5.69 Å². The van der Waals surface area contributed by atoms with E-state index in [4.69, 9.17) is 26.2 Å². The molecule has 0 atom stereocenters. The number of anilines is 1. The molecule has 0 saturated carbocycles. The number of carboxylic acids is 1. The lowest BCUT2D eigenvalue weighted by Gasteiger charge is -2.13. The molecule has 0 spiro atoms. The van der Waals surface area contributed by atoms with Crippen molar-refractivity contribution in [3.05, 3.63) is 45.7 Å². The van der Waals surface area contributed by atoms with Crippen molar-refractivity contribution >= 4 is 44.9 Å². The van der Waals surface area contributed by atoms with Gasteiger partial charge in [-0.15, -0.1) is 11.3 Å². The lowest BCUT2D eigenvalue weighted by molar-refractivity contribution is -0.192. The summed E-state index contributed by atoms with van der Waals surface area (Å²) in [7, 11) is -3.87. The minimum atomic E-state index is -5.08. The number of carboxylic acid groups (broad SMARTS) is 1. The molecule has 2 heterocycles. The van der Waals surface area contributed by atoms with Crippen molar-refractivity contribution in [3.8, 4) is 0 Å². The molecule has 35 heavy (non-hydrogen) atoms. The van der Waals surface area contributed by atoms with Gasteiger partial charge >= 0.3 is 12.1 Å². The van der Waals surface area contributed by atoms with Crippen LogP contribution in [0.3, 0.4) is 0 Å². The van der Waals surface area contributed by atoms with Crippen molar-refractivity contribution in [2.24, 2.45) is 16.6 Å². The Morgan fingerprint density at radius 3 is 2.40 bits per heavy atom. The minimum absolute atomic E-state index is 0.0399. The zero-order chi connectivity index (χ0) is 26.8. The number of carbonyl (C=O) groups is 2. The largest absolute Gasteiger partial charge is 0.490 e. The first-order valence-electron chi connectivity index (χ1n) is 9.19. The van der Waals surface area contributed by atoms with Gasteiger partial charge in [-0.3, -0.25) is 14.3 Å². The number of hydrogen-bond acceptors (Lipinski definition) is 8. The Hall–Kier alpha value is -3.80. The van der Waals surface area contributed by atoms with Crippen molar-refractivity contribution in [1.82, 2.24) is 9.88 Å². The Bertz CT molecular complexity index is 1210. The van der Waals surface area contributed by atoms with Gasteiger partial charge in [0, 0.05) is 5.69 Å². The highest BCUT2D eigenvalue weighted by molar-refractivity contribution is 7.94. The molecule has 0 saturated heterocycles. The average molecular weight is 543 g/mol. The Kier molecular flexibility index (Phi) is 10.5. The Labute approximate surface area is 200 Å². The van der Waals surface area contributed by atoms with Crippen LogP contribution >= 0.6 is 11.3 Å². The third kappa shape index (κ3) is 9.92. The molecule has 0 radical (unpaired) electrons. The number of thiophene rings is 1. The number of nitrogens with zero attached hydrogens (tertiary/aromatic N) is 2. The number of aryl methyl sites for hydroxylation is 1. The Balaban J connectivity index is 0.000000762. The van der Waals surface area contributed by atoms with Crippen LogP contribution in [0.25, 0.3) is 0 Å². The van der Waals surface area contributed by atoms with E-state index in [1.54, 1.807) is 24.4 Å². The SMILES string of the molecule is Cc1ccc(NS(=O)(=O)c2cccs2)c(=O)n1CC(=O)NCCON=C(N)N.O=C(O)C(F)(F)F. The van der Waals surface area contributed by atoms with Crippen LogP contribution in [0, 0.1) is 6.92 Å². The molecule has 0 unspecified atom stereocenters. The molecule has 2 rings (SSSR count). The first kappa shape index (κ1) is 29.2. The summed E-state index contributed by atoms with van der Waals surface area (Å²) in [5.41, 5.74) is 9.89. The predicted molar refractivity (Wildman–Crippen MR) is 119 cm³/mol. The molecule has 0 bridgehead atoms. The number of halogens is 3. The van der Waals surface area contributed by atoms with Gasteiger partial charge in [-0.25, -0.2) is 13.2 Å². The normalized spacial score (nSPS) is 11.0. The second-order valence-electron chi connectivity index (χ2n) is 6.32. The van der Waals surface area contributed by atoms with Gasteiger partial charge in [-0.2, -0.15) is 13.2 Å². The molecule has 194 valence electrons. The second-order valence-corrected chi connectivity index (χ2v) is 9.18. The number of carbonyl (C=O) groups excluding carboxylic acids is 1. The maximum absolute atomic E-state index is 12.6. The fourth-order valence-electron chi connectivity index (χ4n) is 2.11. The first-order chi connectivity index (χ1) is 16.1. The van der Waals surface area contributed by atoms with Crippen molar-refractivity contribution in [2.75, 3.05) is 17.9 Å². The maximum atomic E-state index is 12.6. The summed E-state index contributed by atoms with van der Waals surface area (Å²) in [5.74, 6) is -3.46. The number of rotatable bonds is 9. The standard InChI is InChI=1S/C15H20N6O5S2.C2HF3O2/c1-10-4-5-11(20-28(24,25)13-3-2-8-27-13)14(23)21(10)9-12(22)18-6-7-26-19-15(16)17;3-2(4,5)1(6)7/h2-5,8,20H,6-7,9H2,1H3,(H,18,22)(H4,16,17,19);(H,6,7). The number of aromatic nitrogens is 1. The fraction of sp³-hybridized carbons (Fsp3) is 0.294. The summed E-state index contributed by atoms with van der Waals surface area (Å²) in [4.78, 5) is 38.3. The molecule has 0 aliphatic rings. The molecule has 1 amide bonds. The van der Waals surface area contributed by atoms with Crippen LogP contribution in [0.15, 0.2) is 43.8 Å². The molecule has 0 fully saturated rings. The maximum Gasteiger partial charge on any atom is 0.490 e. The summed E-state index contributed by atoms with van der Waals surface area (Å²) in [6, 6.07) is 5.93. The topological polar surface area (TPSA) is 208 Å². The van der Waals surface area contributed by atoms with Crippen LogP contribution < -0.4 is 27.1 Å². The fourth-order valence-corrected chi connectivity index (χ4v) is 4.16. The minimum Gasteiger partial charge on any atom is -0.475 e. The molecule has 2 aromatic rings. The second kappa shape index (κ2) is 12.6. The van der Waals surface area contributed by atoms with E-state index >= 15 is 0 Å². The average Bonchev–Trinajstić information content (AvgIpc) is 3.28. The summed E-state index contributed by atoms with van der Waals surface area (Å²) in [6.07, 6.45) is -5.08. The number of oxime groups is 1. The van der Waals surface area contributed by atoms with Gasteiger partial charge < -0.3 is 31.3 Å². The van der Waals surface area contributed by atoms with Crippen molar-refractivity contribution in [1.29, 1.82) is 0 Å². The molecule has 0 aliphatic heterocycles. The number of sulfonamides is 1. The van der Waals surface area contributed by atoms with Crippen LogP contribution in [0.5, 0.6) is 0 Å². The smallest absolute Gasteiger partial charge is 0.475 e. The number of hydrogen-bond donors (Lipinski definition) is 5. The van der Waals surface area contributed by atoms with E-state index in [0.717, 1.165) is 11.3 Å². The van der Waals surface area contributed by atoms with Gasteiger partial charge in [0.2, 0.25) is 11.9 Å². The number of guanidine groups is 1. The van der Waals surface area contributed by atoms with E-state index in [1.165, 1.54) is 16.7 Å². The van der Waals surface area contributed by atoms with Crippen molar-refractivity contribution in [3.63, 3.8) is 0 Å². The van der Waals surface area contributed by atoms with E-state index < -0.39 is 33.6 Å². The lowest BCUT2D eigenvalue weighted by atomic mass is 10.3. The third-order valence-corrected chi connectivity index (χ3v) is 6.39. The zero-order valence-corrected chi connectivity index (χ0v) is 19.5. The first-order valence-corrected chi connectivity index (χ1v) is 11.6. The molecule has 18 heteroatoms. The van der Waals surface area contributed by atoms with Crippen LogP contribution in [0.2, 0.25) is 0 Å². The van der Waals surface area contributed by atoms with Crippen LogP contribution in [-0.2, 0) is 31.0 Å². The summed E-state index contributed by atoms with van der Waals surface area (Å²) in [5, 5.41) is 14.6. The monoisotopic (exact) mass is 542 g/mol. The molecule has 13 nitrogen and oxygen atoms in total. The number of alkyl halides is 3. The van der Waals surface area contributed by atoms with Gasteiger partial charge in [0.05, 0.1) is 6.54 Å². The van der Waals surface area contributed by atoms with Crippen LogP contribution in [0.4, 0.5) is 18.9 Å². The molecular weight excluding hydrogens is 521 g/mol. The molecule has 0 aromatic carbocycles. The quantitative estimate of drug-likeness (QED) is 0.125. The van der Waals surface area contributed by atoms with E-state index in [9.17, 15) is 31.2 Å². The van der Waals surface area contributed by atoms with Crippen molar-refractivity contribution < 1.29 is 41.1 Å². The van der Waals surface area contributed by atoms with Crippen LogP contribution in [-0.4, -0.2) is 55.3 Å². The highest BCUT2D eigenvalue weighted by Crippen LogP contribution is 2.18. The number of nitrogens with two attached hydrogens (primary N) is 2. The molecule has 2 aromatic heterocycles. The van der Waals surface area contributed by atoms with Gasteiger partial charge in [0.15, 0.2) is 0 Å². The van der Waals surface area contributed by atoms with Crippen molar-refractivity contribution in [2.45, 2.75) is 23.9 Å². The third-order valence-electron chi connectivity index (χ3n) is 3.63. The molecule has 0 aliphatic carbocycles. The highest BCUT2D eigenvalue weighted by Gasteiger charge is 2.38. The zero-order valence-electron chi connectivity index (χ0n) is 17.9. The Morgan fingerprint density at radius 2 is 1.89 bits per heavy atom. The summed E-state index contributed by atoms with van der Waals surface area (Å²) >= 11 is 1.03. The van der Waals surface area contributed by atoms with Crippen LogP contribution in [0.1, 0.15) is 5.69 Å².